The number of nitrogens with zero attached hydrogens (tertiary/aromatic N) is 2. The monoisotopic (exact) mass is 321 g/mol. The Kier molecular flexibility index (Phi) is 5.04. The van der Waals surface area contributed by atoms with Gasteiger partial charge in [-0.15, -0.1) is 0 Å². The fourth-order valence-corrected chi connectivity index (χ4v) is 3.50. The van der Waals surface area contributed by atoms with E-state index in [1.807, 2.05) is 6.07 Å². The first kappa shape index (κ1) is 16.1. The molecule has 0 amide bonds. The summed E-state index contributed by atoms with van der Waals surface area (Å²) in [6.07, 6.45) is 0.0798. The van der Waals surface area contributed by atoms with Gasteiger partial charge in [-0.3, -0.25) is 0 Å². The molecule has 0 spiro atoms. The average molecular weight is 322 g/mol. The summed E-state index contributed by atoms with van der Waals surface area (Å²) in [4.78, 5) is -0.122. The van der Waals surface area contributed by atoms with E-state index in [1.165, 1.54) is 19.2 Å². The first-order valence-electron chi connectivity index (χ1n) is 5.32. The molecule has 0 fully saturated rings. The summed E-state index contributed by atoms with van der Waals surface area (Å²) in [6.45, 7) is 1.63. The van der Waals surface area contributed by atoms with E-state index in [9.17, 15) is 8.42 Å². The van der Waals surface area contributed by atoms with Crippen molar-refractivity contribution in [1.29, 1.82) is 5.26 Å². The van der Waals surface area contributed by atoms with E-state index >= 15 is 0 Å². The lowest BCUT2D eigenvalue weighted by molar-refractivity contribution is 0.393. The lowest BCUT2D eigenvalue weighted by Gasteiger charge is -2.23. The van der Waals surface area contributed by atoms with Gasteiger partial charge in [-0.05, 0) is 19.1 Å². The van der Waals surface area contributed by atoms with Crippen molar-refractivity contribution in [2.75, 3.05) is 12.8 Å². The lowest BCUT2D eigenvalue weighted by atomic mass is 10.3. The predicted octanol–water partition coefficient (Wildman–Crippen LogP) is 2.50. The molecule has 0 aliphatic heterocycles. The minimum absolute atomic E-state index is 0.0192. The van der Waals surface area contributed by atoms with Crippen molar-refractivity contribution in [3.05, 3.63) is 22.2 Å². The third kappa shape index (κ3) is 3.12. The number of hydrogen-bond acceptors (Lipinski definition) is 4. The van der Waals surface area contributed by atoms with Gasteiger partial charge >= 0.3 is 0 Å². The Balaban J connectivity index is 3.29. The van der Waals surface area contributed by atoms with Crippen LogP contribution in [0.2, 0.25) is 10.0 Å². The van der Waals surface area contributed by atoms with Crippen molar-refractivity contribution in [3.8, 4) is 6.07 Å². The number of halogens is 2. The van der Waals surface area contributed by atoms with Gasteiger partial charge in [0.2, 0.25) is 10.0 Å². The molecule has 1 rings (SSSR count). The maximum atomic E-state index is 12.4. The number of nitriles is 1. The maximum absolute atomic E-state index is 12.4. The molecule has 1 aromatic carbocycles. The summed E-state index contributed by atoms with van der Waals surface area (Å²) in [7, 11) is -2.43. The van der Waals surface area contributed by atoms with Gasteiger partial charge in [0.05, 0.1) is 28.2 Å². The molecule has 0 saturated heterocycles. The summed E-state index contributed by atoms with van der Waals surface area (Å²) in [5.41, 5.74) is 5.63. The number of sulfonamides is 1. The molecule has 8 heteroatoms. The Morgan fingerprint density at radius 1 is 1.47 bits per heavy atom. The van der Waals surface area contributed by atoms with Crippen LogP contribution in [-0.2, 0) is 10.0 Å². The molecule has 0 bridgehead atoms. The highest BCUT2D eigenvalue weighted by atomic mass is 35.5. The van der Waals surface area contributed by atoms with Crippen molar-refractivity contribution in [2.45, 2.75) is 24.3 Å². The highest BCUT2D eigenvalue weighted by Crippen LogP contribution is 2.34. The lowest BCUT2D eigenvalue weighted by Crippen LogP contribution is -2.35. The molecule has 0 aromatic heterocycles. The SMILES string of the molecule is CC(CC#N)N(C)S(=O)(=O)c1ccc(Cl)c(N)c1Cl. The zero-order chi connectivity index (χ0) is 14.8. The normalized spacial score (nSPS) is 13.3. The molecular weight excluding hydrogens is 309 g/mol. The van der Waals surface area contributed by atoms with Crippen LogP contribution in [0, 0.1) is 11.3 Å². The predicted molar refractivity (Wildman–Crippen MR) is 75.5 cm³/mol. The molecule has 1 aromatic rings. The fraction of sp³-hybridized carbons (Fsp3) is 0.364. The topological polar surface area (TPSA) is 87.2 Å². The Labute approximate surface area is 122 Å². The molecule has 0 radical (unpaired) electrons. The van der Waals surface area contributed by atoms with Gasteiger partial charge in [0.15, 0.2) is 0 Å². The molecule has 0 aliphatic carbocycles. The standard InChI is InChI=1S/C11H13Cl2N3O2S/c1-7(5-6-14)16(2)19(17,18)9-4-3-8(12)11(15)10(9)13/h3-4,7H,5,15H2,1-2H3. The van der Waals surface area contributed by atoms with E-state index in [0.717, 1.165) is 4.31 Å². The summed E-state index contributed by atoms with van der Waals surface area (Å²) < 4.78 is 25.8. The minimum Gasteiger partial charge on any atom is -0.396 e. The van der Waals surface area contributed by atoms with E-state index < -0.39 is 16.1 Å². The number of nitrogens with two attached hydrogens (primary N) is 1. The van der Waals surface area contributed by atoms with Crippen LogP contribution in [0.15, 0.2) is 17.0 Å². The van der Waals surface area contributed by atoms with Gasteiger partial charge in [-0.2, -0.15) is 9.57 Å². The number of hydrogen-bond donors (Lipinski definition) is 1. The van der Waals surface area contributed by atoms with Crippen LogP contribution in [0.25, 0.3) is 0 Å². The summed E-state index contributed by atoms with van der Waals surface area (Å²) in [6, 6.07) is 4.12. The first-order chi connectivity index (χ1) is 8.73. The molecule has 19 heavy (non-hydrogen) atoms. The molecule has 1 atom stereocenters. The molecule has 0 aliphatic rings. The van der Waals surface area contributed by atoms with E-state index in [-0.39, 0.29) is 27.0 Å². The fourth-order valence-electron chi connectivity index (χ4n) is 1.40. The van der Waals surface area contributed by atoms with Crippen molar-refractivity contribution >= 4 is 38.9 Å². The second kappa shape index (κ2) is 5.97. The van der Waals surface area contributed by atoms with Crippen LogP contribution in [0.5, 0.6) is 0 Å². The molecule has 104 valence electrons. The quantitative estimate of drug-likeness (QED) is 0.863. The van der Waals surface area contributed by atoms with Crippen molar-refractivity contribution in [1.82, 2.24) is 4.31 Å². The van der Waals surface area contributed by atoms with Crippen LogP contribution in [0.4, 0.5) is 5.69 Å². The maximum Gasteiger partial charge on any atom is 0.244 e. The van der Waals surface area contributed by atoms with E-state index in [1.54, 1.807) is 6.92 Å². The van der Waals surface area contributed by atoms with E-state index in [4.69, 9.17) is 34.2 Å². The van der Waals surface area contributed by atoms with Crippen molar-refractivity contribution in [2.24, 2.45) is 0 Å². The van der Waals surface area contributed by atoms with E-state index in [0.29, 0.717) is 0 Å². The zero-order valence-corrected chi connectivity index (χ0v) is 12.7. The second-order valence-electron chi connectivity index (χ2n) is 4.01. The van der Waals surface area contributed by atoms with E-state index in [2.05, 4.69) is 0 Å². The number of nitrogen functional groups attached to an aromatic ring is 1. The third-order valence-electron chi connectivity index (χ3n) is 2.76. The van der Waals surface area contributed by atoms with Gasteiger partial charge < -0.3 is 5.73 Å². The van der Waals surface area contributed by atoms with Crippen LogP contribution in [0.3, 0.4) is 0 Å². The largest absolute Gasteiger partial charge is 0.396 e. The van der Waals surface area contributed by atoms with Crippen LogP contribution in [-0.4, -0.2) is 25.8 Å². The van der Waals surface area contributed by atoms with Gasteiger partial charge in [0.1, 0.15) is 4.90 Å². The Bertz CT molecular complexity index is 626. The van der Waals surface area contributed by atoms with Gasteiger partial charge in [-0.25, -0.2) is 8.42 Å². The smallest absolute Gasteiger partial charge is 0.244 e. The second-order valence-corrected chi connectivity index (χ2v) is 6.76. The number of rotatable bonds is 4. The molecule has 0 heterocycles. The number of anilines is 1. The first-order valence-corrected chi connectivity index (χ1v) is 7.51. The minimum atomic E-state index is -3.82. The zero-order valence-electron chi connectivity index (χ0n) is 10.4. The Morgan fingerprint density at radius 3 is 2.58 bits per heavy atom. The van der Waals surface area contributed by atoms with Gasteiger partial charge in [0, 0.05) is 13.1 Å². The van der Waals surface area contributed by atoms with Crippen molar-refractivity contribution < 1.29 is 8.42 Å². The average Bonchev–Trinajstić information content (AvgIpc) is 2.35. The molecule has 5 nitrogen and oxygen atoms in total. The Morgan fingerprint density at radius 2 is 2.05 bits per heavy atom. The van der Waals surface area contributed by atoms with Gasteiger partial charge in [-0.1, -0.05) is 23.2 Å². The van der Waals surface area contributed by atoms with Gasteiger partial charge in [0.25, 0.3) is 0 Å². The molecular formula is C11H13Cl2N3O2S. The van der Waals surface area contributed by atoms with Crippen LogP contribution in [0.1, 0.15) is 13.3 Å². The highest BCUT2D eigenvalue weighted by Gasteiger charge is 2.28. The molecule has 0 saturated carbocycles. The van der Waals surface area contributed by atoms with Crippen molar-refractivity contribution in [3.63, 3.8) is 0 Å². The molecule has 1 unspecified atom stereocenters. The number of benzene rings is 1. The Hall–Kier alpha value is -1.00. The summed E-state index contributed by atoms with van der Waals surface area (Å²) >= 11 is 11.7. The molecule has 2 N–H and O–H groups in total. The summed E-state index contributed by atoms with van der Waals surface area (Å²) in [5.74, 6) is 0. The third-order valence-corrected chi connectivity index (χ3v) is 5.62. The summed E-state index contributed by atoms with van der Waals surface area (Å²) in [5, 5.41) is 8.71. The van der Waals surface area contributed by atoms with Crippen LogP contribution < -0.4 is 5.73 Å². The highest BCUT2D eigenvalue weighted by molar-refractivity contribution is 7.89. The van der Waals surface area contributed by atoms with Crippen LogP contribution >= 0.6 is 23.2 Å².